The van der Waals surface area contributed by atoms with Gasteiger partial charge < -0.3 is 5.73 Å². The summed E-state index contributed by atoms with van der Waals surface area (Å²) in [6.07, 6.45) is 10.7. The second-order valence-electron chi connectivity index (χ2n) is 6.21. The van der Waals surface area contributed by atoms with Crippen LogP contribution < -0.4 is 5.73 Å². The van der Waals surface area contributed by atoms with Gasteiger partial charge in [-0.05, 0) is 48.6 Å². The lowest BCUT2D eigenvalue weighted by Crippen LogP contribution is -2.27. The molecular weight excluding hydrogens is 218 g/mol. The summed E-state index contributed by atoms with van der Waals surface area (Å²) in [5, 5.41) is 0. The number of hydrogen-bond donors (Lipinski definition) is 1. The normalized spacial score (nSPS) is 29.6. The van der Waals surface area contributed by atoms with E-state index in [9.17, 15) is 0 Å². The molecule has 0 aliphatic heterocycles. The fourth-order valence-electron chi connectivity index (χ4n) is 3.54. The zero-order valence-electron chi connectivity index (χ0n) is 11.3. The Morgan fingerprint density at radius 1 is 0.833 bits per heavy atom. The standard InChI is InChI=1S/C17H25N/c18-17-11-3-1-2-10-16(17)15-9-5-8-14(12-15)13-6-4-7-13/h5,8-9,12-13,16-17H,1-4,6-7,10-11,18H2. The molecule has 2 unspecified atom stereocenters. The van der Waals surface area contributed by atoms with Crippen molar-refractivity contribution < 1.29 is 0 Å². The quantitative estimate of drug-likeness (QED) is 0.769. The summed E-state index contributed by atoms with van der Waals surface area (Å²) in [4.78, 5) is 0. The maximum Gasteiger partial charge on any atom is 0.0108 e. The van der Waals surface area contributed by atoms with Crippen LogP contribution in [0.1, 0.15) is 74.3 Å². The summed E-state index contributed by atoms with van der Waals surface area (Å²) in [7, 11) is 0. The summed E-state index contributed by atoms with van der Waals surface area (Å²) in [5.74, 6) is 1.44. The van der Waals surface area contributed by atoms with Gasteiger partial charge in [-0.25, -0.2) is 0 Å². The van der Waals surface area contributed by atoms with Gasteiger partial charge in [0.15, 0.2) is 0 Å². The van der Waals surface area contributed by atoms with Crippen LogP contribution in [0.5, 0.6) is 0 Å². The van der Waals surface area contributed by atoms with Gasteiger partial charge in [-0.3, -0.25) is 0 Å². The lowest BCUT2D eigenvalue weighted by atomic mass is 9.78. The van der Waals surface area contributed by atoms with Crippen molar-refractivity contribution in [1.29, 1.82) is 0 Å². The highest BCUT2D eigenvalue weighted by atomic mass is 14.7. The Balaban J connectivity index is 1.81. The van der Waals surface area contributed by atoms with Gasteiger partial charge in [-0.1, -0.05) is 49.9 Å². The highest BCUT2D eigenvalue weighted by molar-refractivity contribution is 5.31. The molecule has 0 bridgehead atoms. The first-order chi connectivity index (χ1) is 8.84. The maximum atomic E-state index is 6.38. The number of nitrogens with two attached hydrogens (primary N) is 1. The van der Waals surface area contributed by atoms with E-state index < -0.39 is 0 Å². The topological polar surface area (TPSA) is 26.0 Å². The van der Waals surface area contributed by atoms with Crippen LogP contribution in [0.25, 0.3) is 0 Å². The molecule has 3 rings (SSSR count). The van der Waals surface area contributed by atoms with Crippen molar-refractivity contribution in [3.05, 3.63) is 35.4 Å². The van der Waals surface area contributed by atoms with Gasteiger partial charge >= 0.3 is 0 Å². The van der Waals surface area contributed by atoms with E-state index in [1.165, 1.54) is 56.9 Å². The molecule has 1 aromatic rings. The number of rotatable bonds is 2. The monoisotopic (exact) mass is 243 g/mol. The van der Waals surface area contributed by atoms with E-state index in [1.807, 2.05) is 0 Å². The second-order valence-corrected chi connectivity index (χ2v) is 6.21. The molecule has 0 radical (unpaired) electrons. The Labute approximate surface area is 111 Å². The molecule has 2 N–H and O–H groups in total. The smallest absolute Gasteiger partial charge is 0.0108 e. The second kappa shape index (κ2) is 5.44. The molecule has 1 aromatic carbocycles. The van der Waals surface area contributed by atoms with Gasteiger partial charge in [0.1, 0.15) is 0 Å². The number of hydrogen-bond acceptors (Lipinski definition) is 1. The summed E-state index contributed by atoms with van der Waals surface area (Å²) >= 11 is 0. The van der Waals surface area contributed by atoms with E-state index in [-0.39, 0.29) is 0 Å². The molecule has 2 saturated carbocycles. The minimum atomic E-state index is 0.379. The molecule has 1 nitrogen and oxygen atoms in total. The fourth-order valence-corrected chi connectivity index (χ4v) is 3.54. The van der Waals surface area contributed by atoms with Crippen LogP contribution in [-0.2, 0) is 0 Å². The molecule has 2 aliphatic carbocycles. The van der Waals surface area contributed by atoms with E-state index in [4.69, 9.17) is 5.73 Å². The van der Waals surface area contributed by atoms with Crippen molar-refractivity contribution >= 4 is 0 Å². The van der Waals surface area contributed by atoms with Gasteiger partial charge in [-0.15, -0.1) is 0 Å². The van der Waals surface area contributed by atoms with Crippen molar-refractivity contribution in [3.63, 3.8) is 0 Å². The number of benzene rings is 1. The first-order valence-corrected chi connectivity index (χ1v) is 7.70. The SMILES string of the molecule is NC1CCCCCC1c1cccc(C2CCC2)c1. The van der Waals surface area contributed by atoms with Crippen LogP contribution in [0, 0.1) is 0 Å². The largest absolute Gasteiger partial charge is 0.327 e. The molecule has 0 spiro atoms. The molecule has 0 aromatic heterocycles. The Kier molecular flexibility index (Phi) is 3.69. The van der Waals surface area contributed by atoms with Crippen LogP contribution in [-0.4, -0.2) is 6.04 Å². The van der Waals surface area contributed by atoms with Crippen LogP contribution in [0.15, 0.2) is 24.3 Å². The van der Waals surface area contributed by atoms with Crippen LogP contribution >= 0.6 is 0 Å². The summed E-state index contributed by atoms with van der Waals surface area (Å²) in [5.41, 5.74) is 9.46. The first kappa shape index (κ1) is 12.2. The third kappa shape index (κ3) is 2.47. The average Bonchev–Trinajstić information content (AvgIpc) is 2.52. The molecule has 2 atom stereocenters. The zero-order valence-corrected chi connectivity index (χ0v) is 11.3. The summed E-state index contributed by atoms with van der Waals surface area (Å²) in [6, 6.07) is 9.71. The molecule has 0 amide bonds. The van der Waals surface area contributed by atoms with Crippen LogP contribution in [0.4, 0.5) is 0 Å². The van der Waals surface area contributed by atoms with E-state index in [2.05, 4.69) is 24.3 Å². The Bertz CT molecular complexity index is 394. The average molecular weight is 243 g/mol. The third-order valence-corrected chi connectivity index (χ3v) is 4.98. The molecule has 18 heavy (non-hydrogen) atoms. The van der Waals surface area contributed by atoms with Crippen molar-refractivity contribution in [2.75, 3.05) is 0 Å². The van der Waals surface area contributed by atoms with Crippen molar-refractivity contribution in [1.82, 2.24) is 0 Å². The fraction of sp³-hybridized carbons (Fsp3) is 0.647. The van der Waals surface area contributed by atoms with E-state index >= 15 is 0 Å². The van der Waals surface area contributed by atoms with Gasteiger partial charge in [0.05, 0.1) is 0 Å². The molecule has 2 aliphatic rings. The lowest BCUT2D eigenvalue weighted by molar-refractivity contribution is 0.418. The predicted octanol–water partition coefficient (Wildman–Crippen LogP) is 4.33. The van der Waals surface area contributed by atoms with Crippen molar-refractivity contribution in [2.45, 2.75) is 69.2 Å². The minimum Gasteiger partial charge on any atom is -0.327 e. The Morgan fingerprint density at radius 3 is 2.39 bits per heavy atom. The van der Waals surface area contributed by atoms with E-state index in [0.717, 1.165) is 5.92 Å². The van der Waals surface area contributed by atoms with Gasteiger partial charge in [0.25, 0.3) is 0 Å². The predicted molar refractivity (Wildman–Crippen MR) is 76.8 cm³/mol. The highest BCUT2D eigenvalue weighted by Crippen LogP contribution is 2.38. The molecule has 2 fully saturated rings. The molecule has 98 valence electrons. The molecular formula is C17H25N. The Hall–Kier alpha value is -0.820. The molecule has 0 saturated heterocycles. The van der Waals surface area contributed by atoms with Crippen molar-refractivity contribution in [2.24, 2.45) is 5.73 Å². The maximum absolute atomic E-state index is 6.38. The third-order valence-electron chi connectivity index (χ3n) is 4.98. The summed E-state index contributed by atoms with van der Waals surface area (Å²) < 4.78 is 0. The van der Waals surface area contributed by atoms with Crippen molar-refractivity contribution in [3.8, 4) is 0 Å². The van der Waals surface area contributed by atoms with Crippen LogP contribution in [0.2, 0.25) is 0 Å². The van der Waals surface area contributed by atoms with Crippen LogP contribution in [0.3, 0.4) is 0 Å². The van der Waals surface area contributed by atoms with Gasteiger partial charge in [-0.2, -0.15) is 0 Å². The Morgan fingerprint density at radius 2 is 1.61 bits per heavy atom. The molecule has 1 heteroatoms. The van der Waals surface area contributed by atoms with E-state index in [0.29, 0.717) is 12.0 Å². The lowest BCUT2D eigenvalue weighted by Gasteiger charge is -2.28. The summed E-state index contributed by atoms with van der Waals surface area (Å²) in [6.45, 7) is 0. The van der Waals surface area contributed by atoms with E-state index in [1.54, 1.807) is 5.56 Å². The first-order valence-electron chi connectivity index (χ1n) is 7.70. The zero-order chi connectivity index (χ0) is 12.4. The van der Waals surface area contributed by atoms with Gasteiger partial charge in [0, 0.05) is 6.04 Å². The van der Waals surface area contributed by atoms with Gasteiger partial charge in [0.2, 0.25) is 0 Å². The minimum absolute atomic E-state index is 0.379. The molecule has 0 heterocycles. The highest BCUT2D eigenvalue weighted by Gasteiger charge is 2.24.